The topological polar surface area (TPSA) is 8.17 Å². The van der Waals surface area contributed by atoms with E-state index >= 15 is 0 Å². The largest absolute Gasteiger partial charge is 0.310 e. The molecule has 0 saturated heterocycles. The van der Waals surface area contributed by atoms with Gasteiger partial charge in [0.15, 0.2) is 0 Å². The maximum atomic E-state index is 8.94. The first-order chi connectivity index (χ1) is 24.6. The maximum absolute atomic E-state index is 8.94. The minimum absolute atomic E-state index is 0.208. The number of anilines is 3. The Bertz CT molecular complexity index is 2730. The van der Waals surface area contributed by atoms with Crippen LogP contribution in [0.2, 0.25) is 0 Å². The van der Waals surface area contributed by atoms with E-state index in [0.29, 0.717) is 0 Å². The van der Waals surface area contributed by atoms with Crippen LogP contribution in [0, 0.1) is 0 Å². The predicted octanol–water partition coefficient (Wildman–Crippen LogP) is 12.7. The van der Waals surface area contributed by atoms with E-state index in [9.17, 15) is 0 Å². The highest BCUT2D eigenvalue weighted by Gasteiger charge is 2.17. The van der Waals surface area contributed by atoms with Gasteiger partial charge in [-0.2, -0.15) is 0 Å². The molecule has 0 aliphatic rings. The standard InChI is InChI=1S/C46H32N2/c1-3-13-39(14-4-1)47(42-27-28-46-44(32-42)43-17-9-10-18-45(43)48(46)40-15-5-2-6-16-40)41-26-25-37-30-34(22-24-38(37)31-41)20-19-33-21-23-35-11-7-8-12-36(35)29-33/h1-32H/b20-19+/i19D,20D. The van der Waals surface area contributed by atoms with Gasteiger partial charge in [-0.1, -0.05) is 121 Å². The molecule has 0 N–H and O–H groups in total. The highest BCUT2D eigenvalue weighted by molar-refractivity contribution is 6.10. The summed E-state index contributed by atoms with van der Waals surface area (Å²) in [6, 6.07) is 63.4. The van der Waals surface area contributed by atoms with Crippen LogP contribution in [0.1, 0.15) is 13.9 Å². The summed E-state index contributed by atoms with van der Waals surface area (Å²) in [5, 5.41) is 6.69. The summed E-state index contributed by atoms with van der Waals surface area (Å²) in [5.74, 6) is 0. The fourth-order valence-electron chi connectivity index (χ4n) is 6.84. The zero-order chi connectivity index (χ0) is 33.6. The first-order valence-corrected chi connectivity index (χ1v) is 16.3. The van der Waals surface area contributed by atoms with E-state index in [1.807, 2.05) is 54.6 Å². The highest BCUT2D eigenvalue weighted by atomic mass is 15.1. The lowest BCUT2D eigenvalue weighted by atomic mass is 10.0. The molecule has 8 aromatic carbocycles. The molecule has 0 fully saturated rings. The molecule has 9 rings (SSSR count). The van der Waals surface area contributed by atoms with Crippen LogP contribution in [-0.4, -0.2) is 4.57 Å². The van der Waals surface area contributed by atoms with Crippen molar-refractivity contribution in [2.75, 3.05) is 4.90 Å². The van der Waals surface area contributed by atoms with Crippen molar-refractivity contribution in [2.24, 2.45) is 0 Å². The molecule has 0 amide bonds. The molecular formula is C46H32N2. The summed E-state index contributed by atoms with van der Waals surface area (Å²) in [5.41, 5.74) is 8.13. The van der Waals surface area contributed by atoms with Crippen LogP contribution in [-0.2, 0) is 0 Å². The van der Waals surface area contributed by atoms with Crippen molar-refractivity contribution in [1.82, 2.24) is 4.57 Å². The van der Waals surface area contributed by atoms with E-state index in [-0.39, 0.29) is 12.1 Å². The second-order valence-electron chi connectivity index (χ2n) is 12.1. The lowest BCUT2D eigenvalue weighted by molar-refractivity contribution is 1.18. The fourth-order valence-corrected chi connectivity index (χ4v) is 6.84. The molecule has 0 unspecified atom stereocenters. The monoisotopic (exact) mass is 614 g/mol. The number of fused-ring (bicyclic) bond motifs is 5. The van der Waals surface area contributed by atoms with Gasteiger partial charge in [-0.3, -0.25) is 0 Å². The molecule has 48 heavy (non-hydrogen) atoms. The normalized spacial score (nSPS) is 12.7. The maximum Gasteiger partial charge on any atom is 0.0629 e. The van der Waals surface area contributed by atoms with Gasteiger partial charge in [0, 0.05) is 33.5 Å². The van der Waals surface area contributed by atoms with Gasteiger partial charge in [0.2, 0.25) is 0 Å². The van der Waals surface area contributed by atoms with E-state index in [2.05, 4.69) is 137 Å². The van der Waals surface area contributed by atoms with Crippen LogP contribution >= 0.6 is 0 Å². The summed E-state index contributed by atoms with van der Waals surface area (Å²) >= 11 is 0. The number of benzene rings is 8. The van der Waals surface area contributed by atoms with E-state index < -0.39 is 0 Å². The van der Waals surface area contributed by atoms with Crippen molar-refractivity contribution >= 4 is 72.5 Å². The molecule has 0 aliphatic heterocycles. The Morgan fingerprint density at radius 2 is 0.938 bits per heavy atom. The van der Waals surface area contributed by atoms with Crippen molar-refractivity contribution in [3.8, 4) is 5.69 Å². The van der Waals surface area contributed by atoms with Crippen molar-refractivity contribution in [1.29, 1.82) is 0 Å². The van der Waals surface area contributed by atoms with Gasteiger partial charge in [0.1, 0.15) is 0 Å². The number of rotatable bonds is 6. The predicted molar refractivity (Wildman–Crippen MR) is 206 cm³/mol. The second-order valence-corrected chi connectivity index (χ2v) is 12.1. The molecule has 0 bridgehead atoms. The number of hydrogen-bond donors (Lipinski definition) is 0. The smallest absolute Gasteiger partial charge is 0.0629 e. The van der Waals surface area contributed by atoms with Gasteiger partial charge in [-0.15, -0.1) is 0 Å². The average Bonchev–Trinajstić information content (AvgIpc) is 3.51. The highest BCUT2D eigenvalue weighted by Crippen LogP contribution is 2.40. The van der Waals surface area contributed by atoms with E-state index in [0.717, 1.165) is 60.9 Å². The molecule has 1 heterocycles. The third-order valence-electron chi connectivity index (χ3n) is 9.13. The number of nitrogens with zero attached hydrogens (tertiary/aromatic N) is 2. The molecule has 0 spiro atoms. The lowest BCUT2D eigenvalue weighted by Crippen LogP contribution is -2.09. The Hall–Kier alpha value is -6.38. The summed E-state index contributed by atoms with van der Waals surface area (Å²) in [7, 11) is 0. The molecule has 2 heteroatoms. The summed E-state index contributed by atoms with van der Waals surface area (Å²) in [6.45, 7) is 0. The number of hydrogen-bond acceptors (Lipinski definition) is 1. The first kappa shape index (κ1) is 25.8. The van der Waals surface area contributed by atoms with Gasteiger partial charge >= 0.3 is 0 Å². The van der Waals surface area contributed by atoms with E-state index in [1.54, 1.807) is 0 Å². The zero-order valence-corrected chi connectivity index (χ0v) is 26.2. The molecular weight excluding hydrogens is 581 g/mol. The molecule has 0 atom stereocenters. The Morgan fingerprint density at radius 1 is 0.396 bits per heavy atom. The summed E-state index contributed by atoms with van der Waals surface area (Å²) < 4.78 is 20.1. The Balaban J connectivity index is 1.14. The number of para-hydroxylation sites is 3. The third kappa shape index (κ3) is 5.01. The van der Waals surface area contributed by atoms with Crippen molar-refractivity contribution in [3.63, 3.8) is 0 Å². The zero-order valence-electron chi connectivity index (χ0n) is 28.2. The van der Waals surface area contributed by atoms with Gasteiger partial charge in [-0.25, -0.2) is 0 Å². The van der Waals surface area contributed by atoms with E-state index in [4.69, 9.17) is 2.74 Å². The van der Waals surface area contributed by atoms with Gasteiger partial charge < -0.3 is 9.47 Å². The van der Waals surface area contributed by atoms with Crippen LogP contribution in [0.15, 0.2) is 182 Å². The van der Waals surface area contributed by atoms with Crippen LogP contribution in [0.3, 0.4) is 0 Å². The molecule has 0 aliphatic carbocycles. The average molecular weight is 615 g/mol. The molecule has 0 radical (unpaired) electrons. The van der Waals surface area contributed by atoms with Crippen LogP contribution in [0.25, 0.3) is 61.1 Å². The Morgan fingerprint density at radius 3 is 1.73 bits per heavy atom. The minimum atomic E-state index is 0.208. The van der Waals surface area contributed by atoms with Crippen molar-refractivity contribution in [3.05, 3.63) is 193 Å². The van der Waals surface area contributed by atoms with Gasteiger partial charge in [0.05, 0.1) is 13.8 Å². The quantitative estimate of drug-likeness (QED) is 0.169. The van der Waals surface area contributed by atoms with Gasteiger partial charge in [0.25, 0.3) is 0 Å². The van der Waals surface area contributed by atoms with E-state index in [1.165, 1.54) is 16.3 Å². The summed E-state index contributed by atoms with van der Waals surface area (Å²) in [4.78, 5) is 2.30. The molecule has 226 valence electrons. The van der Waals surface area contributed by atoms with Crippen LogP contribution < -0.4 is 4.90 Å². The van der Waals surface area contributed by atoms with Crippen LogP contribution in [0.4, 0.5) is 17.1 Å². The molecule has 0 saturated carbocycles. The summed E-state index contributed by atoms with van der Waals surface area (Å²) in [6.07, 6.45) is 0. The van der Waals surface area contributed by atoms with Gasteiger partial charge in [-0.05, 0) is 105 Å². The number of aromatic nitrogens is 1. The first-order valence-electron chi connectivity index (χ1n) is 17.3. The Kier molecular flexibility index (Phi) is 6.32. The second kappa shape index (κ2) is 11.8. The van der Waals surface area contributed by atoms with Crippen LogP contribution in [0.5, 0.6) is 0 Å². The molecule has 1 aromatic heterocycles. The molecule has 2 nitrogen and oxygen atoms in total. The Labute approximate surface area is 282 Å². The minimum Gasteiger partial charge on any atom is -0.310 e. The van der Waals surface area contributed by atoms with Crippen molar-refractivity contribution in [2.45, 2.75) is 0 Å². The lowest BCUT2D eigenvalue weighted by Gasteiger charge is -2.26. The fraction of sp³-hybridized carbons (Fsp3) is 0. The SMILES string of the molecule is [2H]/C(=C(/[2H])c1ccc2cc(N(c3ccccc3)c3ccc4c(c3)c3ccccc3n4-c3ccccc3)ccc2c1)c1ccc2ccccc2c1. The van der Waals surface area contributed by atoms with Crippen molar-refractivity contribution < 1.29 is 2.74 Å². The molecule has 9 aromatic rings. The third-order valence-corrected chi connectivity index (χ3v) is 9.13.